The van der Waals surface area contributed by atoms with E-state index in [0.29, 0.717) is 32.0 Å². The molecule has 0 aliphatic carbocycles. The summed E-state index contributed by atoms with van der Waals surface area (Å²) < 4.78 is 27.8. The van der Waals surface area contributed by atoms with E-state index in [1.807, 2.05) is 12.1 Å². The maximum atomic E-state index is 12.8. The van der Waals surface area contributed by atoms with Crippen molar-refractivity contribution in [3.05, 3.63) is 88.9 Å². The van der Waals surface area contributed by atoms with Gasteiger partial charge in [-0.05, 0) is 48.9 Å². The van der Waals surface area contributed by atoms with E-state index < -0.39 is 15.9 Å². The Hall–Kier alpha value is -3.27. The van der Waals surface area contributed by atoms with Crippen LogP contribution >= 0.6 is 22.9 Å². The van der Waals surface area contributed by atoms with Crippen molar-refractivity contribution in [1.29, 1.82) is 0 Å². The number of sulfonamides is 1. The number of rotatable bonds is 6. The lowest BCUT2D eigenvalue weighted by molar-refractivity contribution is 0.102. The minimum atomic E-state index is -3.78. The van der Waals surface area contributed by atoms with Crippen LogP contribution in [0.4, 0.5) is 10.8 Å². The summed E-state index contributed by atoms with van der Waals surface area (Å²) in [5.41, 5.74) is 1.97. The third-order valence-corrected chi connectivity index (χ3v) is 7.13. The third-order valence-electron chi connectivity index (χ3n) is 4.61. The van der Waals surface area contributed by atoms with Crippen LogP contribution in [0.3, 0.4) is 0 Å². The molecule has 0 spiro atoms. The van der Waals surface area contributed by atoms with Crippen molar-refractivity contribution in [2.24, 2.45) is 0 Å². The van der Waals surface area contributed by atoms with E-state index >= 15 is 0 Å². The molecule has 1 amide bonds. The fourth-order valence-electron chi connectivity index (χ4n) is 2.94. The minimum Gasteiger partial charge on any atom is -0.296 e. The van der Waals surface area contributed by atoms with Crippen molar-refractivity contribution in [2.75, 3.05) is 10.0 Å². The highest BCUT2D eigenvalue weighted by Crippen LogP contribution is 2.28. The molecule has 0 bridgehead atoms. The van der Waals surface area contributed by atoms with E-state index in [9.17, 15) is 13.2 Å². The van der Waals surface area contributed by atoms with Crippen LogP contribution in [0.1, 0.15) is 15.9 Å². The molecule has 0 fully saturated rings. The van der Waals surface area contributed by atoms with Gasteiger partial charge in [0.2, 0.25) is 5.13 Å². The summed E-state index contributed by atoms with van der Waals surface area (Å²) in [7, 11) is -3.78. The highest BCUT2D eigenvalue weighted by molar-refractivity contribution is 7.92. The number of hydrogen-bond donors (Lipinski definition) is 2. The van der Waals surface area contributed by atoms with Gasteiger partial charge in [0.15, 0.2) is 0 Å². The number of amides is 1. The highest BCUT2D eigenvalue weighted by atomic mass is 35.5. The first-order valence-corrected chi connectivity index (χ1v) is 12.1. The van der Waals surface area contributed by atoms with Gasteiger partial charge in [-0.15, -0.1) is 10.2 Å². The summed E-state index contributed by atoms with van der Waals surface area (Å²) in [5, 5.41) is 12.4. The molecule has 3 aromatic carbocycles. The van der Waals surface area contributed by atoms with Gasteiger partial charge in [0.25, 0.3) is 15.9 Å². The lowest BCUT2D eigenvalue weighted by Gasteiger charge is -2.13. The Balaban J connectivity index is 1.53. The minimum absolute atomic E-state index is 0.137. The monoisotopic (exact) mass is 484 g/mol. The standard InChI is InChI=1S/C22H17ClN4O3S2/c1-14-18(8-5-9-19(14)27-32(29,30)17-6-3-2-4-7-17)20(28)24-22-26-25-21(31-22)15-10-12-16(23)13-11-15/h2-13,27H,1H3,(H,24,26,28). The number of benzene rings is 3. The zero-order chi connectivity index (χ0) is 22.7. The molecule has 0 aliphatic rings. The first-order valence-electron chi connectivity index (χ1n) is 9.42. The topological polar surface area (TPSA) is 101 Å². The maximum absolute atomic E-state index is 12.8. The Morgan fingerprint density at radius 2 is 1.66 bits per heavy atom. The van der Waals surface area contributed by atoms with Crippen molar-refractivity contribution in [2.45, 2.75) is 11.8 Å². The third kappa shape index (κ3) is 4.80. The molecule has 2 N–H and O–H groups in total. The van der Waals surface area contributed by atoms with Gasteiger partial charge < -0.3 is 0 Å². The van der Waals surface area contributed by atoms with Crippen molar-refractivity contribution in [3.8, 4) is 10.6 Å². The second kappa shape index (κ2) is 9.07. The number of carbonyl (C=O) groups excluding carboxylic acids is 1. The average Bonchev–Trinajstić information content (AvgIpc) is 3.24. The van der Waals surface area contributed by atoms with Gasteiger partial charge in [-0.3, -0.25) is 14.8 Å². The number of hydrogen-bond acceptors (Lipinski definition) is 6. The normalized spacial score (nSPS) is 11.2. The molecule has 162 valence electrons. The van der Waals surface area contributed by atoms with Crippen LogP contribution in [0.25, 0.3) is 10.6 Å². The quantitative estimate of drug-likeness (QED) is 0.390. The second-order valence-electron chi connectivity index (χ2n) is 6.77. The fourth-order valence-corrected chi connectivity index (χ4v) is 4.96. The smallest absolute Gasteiger partial charge is 0.261 e. The predicted octanol–water partition coefficient (Wildman–Crippen LogP) is 5.22. The van der Waals surface area contributed by atoms with Crippen molar-refractivity contribution >= 4 is 49.7 Å². The summed E-state index contributed by atoms with van der Waals surface area (Å²) in [4.78, 5) is 13.0. The van der Waals surface area contributed by atoms with E-state index in [-0.39, 0.29) is 4.90 Å². The van der Waals surface area contributed by atoms with Gasteiger partial charge >= 0.3 is 0 Å². The van der Waals surface area contributed by atoms with Gasteiger partial charge in [-0.2, -0.15) is 0 Å². The number of carbonyl (C=O) groups is 1. The number of aromatic nitrogens is 2. The van der Waals surface area contributed by atoms with Crippen LogP contribution in [0, 0.1) is 6.92 Å². The first-order chi connectivity index (χ1) is 15.3. The molecule has 0 radical (unpaired) electrons. The number of nitrogens with zero attached hydrogens (tertiary/aromatic N) is 2. The number of nitrogens with one attached hydrogen (secondary N) is 2. The van der Waals surface area contributed by atoms with Gasteiger partial charge in [0.05, 0.1) is 10.6 Å². The molecule has 0 saturated heterocycles. The molecule has 32 heavy (non-hydrogen) atoms. The Morgan fingerprint density at radius 1 is 0.938 bits per heavy atom. The molecule has 0 saturated carbocycles. The Kier molecular flexibility index (Phi) is 6.22. The van der Waals surface area contributed by atoms with Crippen LogP contribution in [0.2, 0.25) is 5.02 Å². The van der Waals surface area contributed by atoms with E-state index in [2.05, 4.69) is 20.2 Å². The van der Waals surface area contributed by atoms with E-state index in [4.69, 9.17) is 11.6 Å². The van der Waals surface area contributed by atoms with Gasteiger partial charge in [-0.25, -0.2) is 8.42 Å². The van der Waals surface area contributed by atoms with E-state index in [0.717, 1.165) is 5.56 Å². The summed E-state index contributed by atoms with van der Waals surface area (Å²) in [6.45, 7) is 1.68. The largest absolute Gasteiger partial charge is 0.296 e. The average molecular weight is 485 g/mol. The van der Waals surface area contributed by atoms with E-state index in [1.165, 1.54) is 23.5 Å². The molecule has 4 rings (SSSR count). The number of anilines is 2. The molecule has 0 aliphatic heterocycles. The predicted molar refractivity (Wildman–Crippen MR) is 127 cm³/mol. The first kappa shape index (κ1) is 21.9. The Bertz CT molecular complexity index is 1370. The summed E-state index contributed by atoms with van der Waals surface area (Å²) in [5.74, 6) is -0.415. The molecule has 1 heterocycles. The molecule has 4 aromatic rings. The lowest BCUT2D eigenvalue weighted by atomic mass is 10.1. The van der Waals surface area contributed by atoms with Gasteiger partial charge in [-0.1, -0.05) is 59.3 Å². The zero-order valence-corrected chi connectivity index (χ0v) is 19.1. The van der Waals surface area contributed by atoms with Gasteiger partial charge in [0, 0.05) is 16.1 Å². The molecule has 7 nitrogen and oxygen atoms in total. The fraction of sp³-hybridized carbons (Fsp3) is 0.0455. The Morgan fingerprint density at radius 3 is 2.38 bits per heavy atom. The second-order valence-corrected chi connectivity index (χ2v) is 9.87. The molecule has 0 atom stereocenters. The molecule has 0 unspecified atom stereocenters. The highest BCUT2D eigenvalue weighted by Gasteiger charge is 2.19. The molecular weight excluding hydrogens is 468 g/mol. The summed E-state index contributed by atoms with van der Waals surface area (Å²) >= 11 is 7.13. The molecular formula is C22H17ClN4O3S2. The van der Waals surface area contributed by atoms with Crippen LogP contribution in [-0.4, -0.2) is 24.5 Å². The molecule has 1 aromatic heterocycles. The Labute approximate surface area is 194 Å². The zero-order valence-electron chi connectivity index (χ0n) is 16.7. The van der Waals surface area contributed by atoms with Crippen LogP contribution in [-0.2, 0) is 10.0 Å². The van der Waals surface area contributed by atoms with E-state index in [1.54, 1.807) is 55.5 Å². The van der Waals surface area contributed by atoms with Crippen LogP contribution in [0.15, 0.2) is 77.7 Å². The summed E-state index contributed by atoms with van der Waals surface area (Å²) in [6, 6.07) is 20.0. The lowest BCUT2D eigenvalue weighted by Crippen LogP contribution is -2.17. The summed E-state index contributed by atoms with van der Waals surface area (Å²) in [6.07, 6.45) is 0. The SMILES string of the molecule is Cc1c(NS(=O)(=O)c2ccccc2)cccc1C(=O)Nc1nnc(-c2ccc(Cl)cc2)s1. The number of halogens is 1. The maximum Gasteiger partial charge on any atom is 0.261 e. The van der Waals surface area contributed by atoms with Crippen molar-refractivity contribution in [3.63, 3.8) is 0 Å². The van der Waals surface area contributed by atoms with Crippen molar-refractivity contribution in [1.82, 2.24) is 10.2 Å². The van der Waals surface area contributed by atoms with Crippen LogP contribution < -0.4 is 10.0 Å². The molecule has 10 heteroatoms. The van der Waals surface area contributed by atoms with Crippen LogP contribution in [0.5, 0.6) is 0 Å². The van der Waals surface area contributed by atoms with Gasteiger partial charge in [0.1, 0.15) is 5.01 Å². The van der Waals surface area contributed by atoms with Crippen molar-refractivity contribution < 1.29 is 13.2 Å².